The molecular weight excluding hydrogens is 176 g/mol. The predicted octanol–water partition coefficient (Wildman–Crippen LogP) is 1.62. The van der Waals surface area contributed by atoms with E-state index >= 15 is 0 Å². The second-order valence-corrected chi connectivity index (χ2v) is 3.87. The molecule has 1 unspecified atom stereocenters. The highest BCUT2D eigenvalue weighted by Gasteiger charge is 2.30. The Hall–Kier alpha value is -1.35. The van der Waals surface area contributed by atoms with Crippen LogP contribution < -0.4 is 10.6 Å². The quantitative estimate of drug-likeness (QED) is 0.712. The highest BCUT2D eigenvalue weighted by Crippen LogP contribution is 2.21. The summed E-state index contributed by atoms with van der Waals surface area (Å²) in [5.74, 6) is 0. The van der Waals surface area contributed by atoms with Crippen molar-refractivity contribution in [2.75, 3.05) is 11.9 Å². The second-order valence-electron chi connectivity index (χ2n) is 3.87. The molecule has 2 rings (SSSR count). The lowest BCUT2D eigenvalue weighted by molar-refractivity contribution is 0.112. The van der Waals surface area contributed by atoms with Crippen molar-refractivity contribution in [3.63, 3.8) is 0 Å². The zero-order valence-electron chi connectivity index (χ0n) is 8.21. The van der Waals surface area contributed by atoms with Gasteiger partial charge in [-0.15, -0.1) is 0 Å². The van der Waals surface area contributed by atoms with Crippen molar-refractivity contribution >= 4 is 12.0 Å². The summed E-state index contributed by atoms with van der Waals surface area (Å²) < 4.78 is 0. The van der Waals surface area contributed by atoms with Gasteiger partial charge >= 0.3 is 0 Å². The van der Waals surface area contributed by atoms with E-state index in [0.29, 0.717) is 5.56 Å². The Morgan fingerprint density at radius 2 is 2.07 bits per heavy atom. The molecule has 1 aliphatic rings. The number of hydrogen-bond donors (Lipinski definition) is 2. The summed E-state index contributed by atoms with van der Waals surface area (Å²) in [5, 5.41) is 6.70. The fraction of sp³-hybridized carbons (Fsp3) is 0.364. The van der Waals surface area contributed by atoms with E-state index in [1.807, 2.05) is 24.3 Å². The fourth-order valence-corrected chi connectivity index (χ4v) is 1.57. The van der Waals surface area contributed by atoms with Gasteiger partial charge in [0.05, 0.1) is 5.66 Å². The van der Waals surface area contributed by atoms with Crippen LogP contribution in [-0.4, -0.2) is 18.5 Å². The lowest BCUT2D eigenvalue weighted by Gasteiger charge is -2.41. The Morgan fingerprint density at radius 1 is 1.43 bits per heavy atom. The van der Waals surface area contributed by atoms with Gasteiger partial charge in [0.25, 0.3) is 0 Å². The summed E-state index contributed by atoms with van der Waals surface area (Å²) in [6.45, 7) is 3.19. The minimum atomic E-state index is 0.0305. The highest BCUT2D eigenvalue weighted by molar-refractivity contribution is 5.75. The molecule has 0 amide bonds. The van der Waals surface area contributed by atoms with Crippen molar-refractivity contribution in [2.24, 2.45) is 0 Å². The number of hydrogen-bond acceptors (Lipinski definition) is 3. The topological polar surface area (TPSA) is 41.1 Å². The van der Waals surface area contributed by atoms with E-state index < -0.39 is 0 Å². The molecule has 0 aromatic heterocycles. The van der Waals surface area contributed by atoms with E-state index in [-0.39, 0.29) is 5.66 Å². The highest BCUT2D eigenvalue weighted by atomic mass is 16.1. The summed E-state index contributed by atoms with van der Waals surface area (Å²) in [7, 11) is 0. The summed E-state index contributed by atoms with van der Waals surface area (Å²) in [6, 6.07) is 7.48. The lowest BCUT2D eigenvalue weighted by Crippen LogP contribution is -2.59. The molecule has 1 aromatic carbocycles. The number of carbonyl (C=O) groups is 1. The molecule has 1 saturated heterocycles. The van der Waals surface area contributed by atoms with E-state index in [2.05, 4.69) is 17.6 Å². The van der Waals surface area contributed by atoms with Crippen molar-refractivity contribution in [2.45, 2.75) is 19.0 Å². The summed E-state index contributed by atoms with van der Waals surface area (Å²) >= 11 is 0. The van der Waals surface area contributed by atoms with Crippen LogP contribution >= 0.6 is 0 Å². The number of carbonyl (C=O) groups excluding carboxylic acids is 1. The van der Waals surface area contributed by atoms with Crippen molar-refractivity contribution < 1.29 is 4.79 Å². The molecule has 3 heteroatoms. The van der Waals surface area contributed by atoms with Gasteiger partial charge in [0, 0.05) is 17.8 Å². The molecule has 0 bridgehead atoms. The third-order valence-electron chi connectivity index (χ3n) is 2.61. The maximum atomic E-state index is 10.4. The number of aldehydes is 1. The molecule has 1 aromatic rings. The Morgan fingerprint density at radius 3 is 2.50 bits per heavy atom. The average Bonchev–Trinajstić information content (AvgIpc) is 2.17. The molecular formula is C11H14N2O. The molecule has 0 saturated carbocycles. The molecule has 1 aliphatic heterocycles. The van der Waals surface area contributed by atoms with E-state index in [9.17, 15) is 4.79 Å². The molecule has 0 radical (unpaired) electrons. The van der Waals surface area contributed by atoms with Crippen LogP contribution in [0.2, 0.25) is 0 Å². The molecule has 1 fully saturated rings. The number of nitrogens with one attached hydrogen (secondary N) is 2. The summed E-state index contributed by atoms with van der Waals surface area (Å²) in [5.41, 5.74) is 1.79. The normalized spacial score (nSPS) is 25.2. The Balaban J connectivity index is 2.06. The van der Waals surface area contributed by atoms with E-state index in [4.69, 9.17) is 0 Å². The minimum absolute atomic E-state index is 0.0305. The third kappa shape index (κ3) is 1.77. The predicted molar refractivity (Wildman–Crippen MR) is 56.5 cm³/mol. The summed E-state index contributed by atoms with van der Waals surface area (Å²) in [6.07, 6.45) is 1.98. The van der Waals surface area contributed by atoms with Gasteiger partial charge in [0.2, 0.25) is 0 Å². The second kappa shape index (κ2) is 3.42. The van der Waals surface area contributed by atoms with E-state index in [1.165, 1.54) is 0 Å². The number of rotatable bonds is 3. The number of anilines is 1. The van der Waals surface area contributed by atoms with Gasteiger partial charge < -0.3 is 5.32 Å². The minimum Gasteiger partial charge on any atom is -0.367 e. The fourth-order valence-electron chi connectivity index (χ4n) is 1.57. The first-order valence-corrected chi connectivity index (χ1v) is 4.80. The van der Waals surface area contributed by atoms with E-state index in [1.54, 1.807) is 0 Å². The standard InChI is InChI=1S/C11H14N2O/c1-11(6-7-12-11)13-10-4-2-9(8-14)3-5-10/h2-5,8,12-13H,6-7H2,1H3. The third-order valence-corrected chi connectivity index (χ3v) is 2.61. The van der Waals surface area contributed by atoms with Crippen LogP contribution in [0.25, 0.3) is 0 Å². The van der Waals surface area contributed by atoms with Gasteiger partial charge in [-0.1, -0.05) is 0 Å². The zero-order valence-corrected chi connectivity index (χ0v) is 8.21. The molecule has 0 spiro atoms. The Labute approximate surface area is 83.5 Å². The molecule has 0 aliphatic carbocycles. The van der Waals surface area contributed by atoms with Crippen molar-refractivity contribution in [3.05, 3.63) is 29.8 Å². The van der Waals surface area contributed by atoms with Gasteiger partial charge in [-0.2, -0.15) is 0 Å². The van der Waals surface area contributed by atoms with Gasteiger partial charge in [0.1, 0.15) is 6.29 Å². The van der Waals surface area contributed by atoms with Gasteiger partial charge in [0.15, 0.2) is 0 Å². The number of benzene rings is 1. The van der Waals surface area contributed by atoms with E-state index in [0.717, 1.165) is 24.9 Å². The van der Waals surface area contributed by atoms with Crippen molar-refractivity contribution in [1.82, 2.24) is 5.32 Å². The SMILES string of the molecule is CC1(Nc2ccc(C=O)cc2)CCN1. The van der Waals surface area contributed by atoms with Crippen LogP contribution in [0.3, 0.4) is 0 Å². The van der Waals surface area contributed by atoms with Crippen LogP contribution in [0.1, 0.15) is 23.7 Å². The first kappa shape index (κ1) is 9.21. The smallest absolute Gasteiger partial charge is 0.150 e. The molecule has 14 heavy (non-hydrogen) atoms. The Bertz CT molecular complexity index is 328. The summed E-state index contributed by atoms with van der Waals surface area (Å²) in [4.78, 5) is 10.4. The molecule has 2 N–H and O–H groups in total. The van der Waals surface area contributed by atoms with Crippen LogP contribution in [0.4, 0.5) is 5.69 Å². The largest absolute Gasteiger partial charge is 0.367 e. The van der Waals surface area contributed by atoms with Crippen LogP contribution in [0.5, 0.6) is 0 Å². The van der Waals surface area contributed by atoms with Crippen molar-refractivity contribution in [3.8, 4) is 0 Å². The first-order valence-electron chi connectivity index (χ1n) is 4.80. The molecule has 3 nitrogen and oxygen atoms in total. The maximum Gasteiger partial charge on any atom is 0.150 e. The van der Waals surface area contributed by atoms with Crippen molar-refractivity contribution in [1.29, 1.82) is 0 Å². The maximum absolute atomic E-state index is 10.4. The van der Waals surface area contributed by atoms with Crippen LogP contribution in [0.15, 0.2) is 24.3 Å². The zero-order chi connectivity index (χ0) is 10.0. The molecule has 1 heterocycles. The molecule has 74 valence electrons. The lowest BCUT2D eigenvalue weighted by atomic mass is 10.0. The monoisotopic (exact) mass is 190 g/mol. The van der Waals surface area contributed by atoms with Crippen LogP contribution in [0, 0.1) is 0 Å². The molecule has 1 atom stereocenters. The van der Waals surface area contributed by atoms with Gasteiger partial charge in [-0.25, -0.2) is 0 Å². The first-order chi connectivity index (χ1) is 6.72. The Kier molecular flexibility index (Phi) is 2.25. The van der Waals surface area contributed by atoms with Gasteiger partial charge in [-0.05, 0) is 37.6 Å². The average molecular weight is 190 g/mol. The van der Waals surface area contributed by atoms with Crippen LogP contribution in [-0.2, 0) is 0 Å². The van der Waals surface area contributed by atoms with Gasteiger partial charge in [-0.3, -0.25) is 10.1 Å².